The molecule has 3 aromatic carbocycles. The fraction of sp³-hybridized carbons (Fsp3) is 0.154. The number of hydrogen-bond donors (Lipinski definition) is 1. The highest BCUT2D eigenvalue weighted by atomic mass is 35.5. The number of ether oxygens (including phenoxy) is 1. The van der Waals surface area contributed by atoms with Crippen LogP contribution < -0.4 is 10.9 Å². The molecule has 0 fully saturated rings. The lowest BCUT2D eigenvalue weighted by Crippen LogP contribution is -2.24. The van der Waals surface area contributed by atoms with Crippen molar-refractivity contribution in [3.8, 4) is 5.69 Å². The van der Waals surface area contributed by atoms with Crippen molar-refractivity contribution in [2.45, 2.75) is 18.6 Å². The van der Waals surface area contributed by atoms with Crippen molar-refractivity contribution in [1.82, 2.24) is 14.9 Å². The van der Waals surface area contributed by atoms with Gasteiger partial charge in [-0.1, -0.05) is 53.7 Å². The predicted molar refractivity (Wildman–Crippen MR) is 137 cm³/mol. The normalized spacial score (nSPS) is 10.8. The molecule has 1 N–H and O–H groups in total. The van der Waals surface area contributed by atoms with E-state index in [0.29, 0.717) is 38.9 Å². The average molecular weight is 508 g/mol. The zero-order chi connectivity index (χ0) is 24.8. The number of halogens is 1. The quantitative estimate of drug-likeness (QED) is 0.212. The summed E-state index contributed by atoms with van der Waals surface area (Å²) in [6.07, 6.45) is 0. The molecule has 9 heteroatoms. The number of hydrogen-bond acceptors (Lipinski definition) is 6. The largest absolute Gasteiger partial charge is 0.465 e. The molecule has 0 spiro atoms. The van der Waals surface area contributed by atoms with Crippen LogP contribution in [0.2, 0.25) is 5.02 Å². The predicted octanol–water partition coefficient (Wildman–Crippen LogP) is 4.62. The molecule has 178 valence electrons. The number of aromatic nitrogens is 2. The molecule has 0 aliphatic heterocycles. The molecule has 0 atom stereocenters. The topological polar surface area (TPSA) is 90.3 Å². The minimum absolute atomic E-state index is 0.00156. The first kappa shape index (κ1) is 24.5. The lowest BCUT2D eigenvalue weighted by Gasteiger charge is -2.13. The van der Waals surface area contributed by atoms with Crippen LogP contribution >= 0.6 is 23.4 Å². The first-order chi connectivity index (χ1) is 17.0. The third-order valence-electron chi connectivity index (χ3n) is 5.08. The highest BCUT2D eigenvalue weighted by molar-refractivity contribution is 7.99. The average Bonchev–Trinajstić information content (AvgIpc) is 2.86. The summed E-state index contributed by atoms with van der Waals surface area (Å²) in [5, 5.41) is 4.14. The van der Waals surface area contributed by atoms with E-state index in [-0.39, 0.29) is 23.8 Å². The Bertz CT molecular complexity index is 1440. The monoisotopic (exact) mass is 507 g/mol. The Morgan fingerprint density at radius 2 is 1.86 bits per heavy atom. The van der Waals surface area contributed by atoms with Gasteiger partial charge in [0.15, 0.2) is 5.16 Å². The number of carbonyl (C=O) groups is 2. The summed E-state index contributed by atoms with van der Waals surface area (Å²) in [6.45, 7) is 2.31. The second-order valence-electron chi connectivity index (χ2n) is 7.51. The Morgan fingerprint density at radius 3 is 2.60 bits per heavy atom. The van der Waals surface area contributed by atoms with Crippen molar-refractivity contribution in [3.05, 3.63) is 99.3 Å². The molecule has 1 aromatic heterocycles. The molecule has 0 aliphatic carbocycles. The SMILES string of the molecule is CCOC(=O)CSc1nc2cc(C(=O)NCc3cccc(Cl)c3)ccc2c(=O)n1-c1ccccc1. The maximum atomic E-state index is 13.4. The van der Waals surface area contributed by atoms with Gasteiger partial charge in [-0.3, -0.25) is 19.0 Å². The molecule has 7 nitrogen and oxygen atoms in total. The third-order valence-corrected chi connectivity index (χ3v) is 6.23. The van der Waals surface area contributed by atoms with E-state index < -0.39 is 5.97 Å². The standard InChI is InChI=1S/C26H22ClN3O4S/c1-2-34-23(31)16-35-26-29-22-14-18(24(32)28-15-17-7-6-8-19(27)13-17)11-12-21(22)25(33)30(26)20-9-4-3-5-10-20/h3-14H,2,15-16H2,1H3,(H,28,32). The number of thioether (sulfide) groups is 1. The van der Waals surface area contributed by atoms with Crippen LogP contribution in [0.1, 0.15) is 22.8 Å². The zero-order valence-corrected chi connectivity index (χ0v) is 20.4. The van der Waals surface area contributed by atoms with Crippen LogP contribution in [0.5, 0.6) is 0 Å². The molecule has 0 saturated carbocycles. The Labute approximate surface area is 211 Å². The van der Waals surface area contributed by atoms with E-state index in [9.17, 15) is 14.4 Å². The fourth-order valence-electron chi connectivity index (χ4n) is 3.47. The smallest absolute Gasteiger partial charge is 0.316 e. The second kappa shape index (κ2) is 11.2. The van der Waals surface area contributed by atoms with Gasteiger partial charge in [0.1, 0.15) is 0 Å². The molecule has 0 unspecified atom stereocenters. The molecular weight excluding hydrogens is 486 g/mol. The molecular formula is C26H22ClN3O4S. The van der Waals surface area contributed by atoms with Gasteiger partial charge >= 0.3 is 5.97 Å². The van der Waals surface area contributed by atoms with Gasteiger partial charge in [0, 0.05) is 17.1 Å². The van der Waals surface area contributed by atoms with E-state index in [4.69, 9.17) is 16.3 Å². The van der Waals surface area contributed by atoms with Crippen LogP contribution in [0.25, 0.3) is 16.6 Å². The summed E-state index contributed by atoms with van der Waals surface area (Å²) in [7, 11) is 0. The Hall–Kier alpha value is -3.62. The van der Waals surface area contributed by atoms with Gasteiger partial charge in [0.25, 0.3) is 11.5 Å². The number of fused-ring (bicyclic) bond motifs is 1. The molecule has 4 aromatic rings. The van der Waals surface area contributed by atoms with Crippen molar-refractivity contribution in [1.29, 1.82) is 0 Å². The molecule has 0 saturated heterocycles. The molecule has 0 aliphatic rings. The van der Waals surface area contributed by atoms with Gasteiger partial charge in [-0.25, -0.2) is 4.98 Å². The molecule has 4 rings (SSSR count). The number of amides is 1. The van der Waals surface area contributed by atoms with Crippen LogP contribution in [-0.2, 0) is 16.1 Å². The van der Waals surface area contributed by atoms with Crippen LogP contribution in [-0.4, -0.2) is 33.8 Å². The minimum Gasteiger partial charge on any atom is -0.465 e. The molecule has 1 heterocycles. The number of para-hydroxylation sites is 1. The maximum absolute atomic E-state index is 13.4. The van der Waals surface area contributed by atoms with E-state index in [1.807, 2.05) is 30.3 Å². The molecule has 1 amide bonds. The van der Waals surface area contributed by atoms with E-state index in [0.717, 1.165) is 17.3 Å². The lowest BCUT2D eigenvalue weighted by molar-refractivity contribution is -0.139. The minimum atomic E-state index is -0.402. The summed E-state index contributed by atoms with van der Waals surface area (Å²) in [5.41, 5.74) is 1.93. The van der Waals surface area contributed by atoms with Crippen molar-refractivity contribution >= 4 is 46.1 Å². The van der Waals surface area contributed by atoms with Gasteiger partial charge in [0.05, 0.1) is 29.0 Å². The highest BCUT2D eigenvalue weighted by Crippen LogP contribution is 2.22. The maximum Gasteiger partial charge on any atom is 0.316 e. The first-order valence-corrected chi connectivity index (χ1v) is 12.3. The molecule has 35 heavy (non-hydrogen) atoms. The van der Waals surface area contributed by atoms with E-state index >= 15 is 0 Å². The van der Waals surface area contributed by atoms with Crippen molar-refractivity contribution in [2.24, 2.45) is 0 Å². The van der Waals surface area contributed by atoms with Crippen molar-refractivity contribution < 1.29 is 14.3 Å². The van der Waals surface area contributed by atoms with Gasteiger partial charge in [-0.15, -0.1) is 0 Å². The van der Waals surface area contributed by atoms with E-state index in [2.05, 4.69) is 10.3 Å². The first-order valence-electron chi connectivity index (χ1n) is 10.9. The zero-order valence-electron chi connectivity index (χ0n) is 18.9. The summed E-state index contributed by atoms with van der Waals surface area (Å²) in [6, 6.07) is 21.1. The van der Waals surface area contributed by atoms with E-state index in [1.54, 1.807) is 49.4 Å². The summed E-state index contributed by atoms with van der Waals surface area (Å²) in [4.78, 5) is 42.8. The van der Waals surface area contributed by atoms with Gasteiger partial charge in [0.2, 0.25) is 0 Å². The highest BCUT2D eigenvalue weighted by Gasteiger charge is 2.17. The Morgan fingerprint density at radius 1 is 1.06 bits per heavy atom. The van der Waals surface area contributed by atoms with Crippen LogP contribution in [0, 0.1) is 0 Å². The van der Waals surface area contributed by atoms with E-state index in [1.165, 1.54) is 4.57 Å². The number of nitrogens with one attached hydrogen (secondary N) is 1. The van der Waals surface area contributed by atoms with Crippen LogP contribution in [0.4, 0.5) is 0 Å². The lowest BCUT2D eigenvalue weighted by atomic mass is 10.1. The number of rotatable bonds is 8. The fourth-order valence-corrected chi connectivity index (χ4v) is 4.49. The number of benzene rings is 3. The molecule has 0 radical (unpaired) electrons. The third kappa shape index (κ3) is 5.90. The summed E-state index contributed by atoms with van der Waals surface area (Å²) >= 11 is 7.11. The molecule has 0 bridgehead atoms. The summed E-state index contributed by atoms with van der Waals surface area (Å²) < 4.78 is 6.48. The number of esters is 1. The van der Waals surface area contributed by atoms with Gasteiger partial charge in [-0.05, 0) is 55.0 Å². The van der Waals surface area contributed by atoms with Crippen molar-refractivity contribution in [2.75, 3.05) is 12.4 Å². The van der Waals surface area contributed by atoms with Crippen molar-refractivity contribution in [3.63, 3.8) is 0 Å². The van der Waals surface area contributed by atoms with Crippen LogP contribution in [0.15, 0.2) is 82.7 Å². The Balaban J connectivity index is 1.68. The number of nitrogens with zero attached hydrogens (tertiary/aromatic N) is 2. The van der Waals surface area contributed by atoms with Crippen LogP contribution in [0.3, 0.4) is 0 Å². The summed E-state index contributed by atoms with van der Waals surface area (Å²) in [5.74, 6) is -0.708. The Kier molecular flexibility index (Phi) is 7.84. The van der Waals surface area contributed by atoms with Gasteiger partial charge < -0.3 is 10.1 Å². The number of carbonyl (C=O) groups excluding carboxylic acids is 2. The second-order valence-corrected chi connectivity index (χ2v) is 8.89. The van der Waals surface area contributed by atoms with Gasteiger partial charge in [-0.2, -0.15) is 0 Å².